The van der Waals surface area contributed by atoms with Gasteiger partial charge in [-0.3, -0.25) is 47.9 Å². The number of aliphatic hydroxyl groups is 2. The van der Waals surface area contributed by atoms with Crippen LogP contribution in [-0.4, -0.2) is 211 Å². The van der Waals surface area contributed by atoms with Crippen molar-refractivity contribution in [1.82, 2.24) is 52.0 Å². The first-order chi connectivity index (χ1) is 37.5. The number of aliphatic hydroxyl groups excluding tert-OH is 2. The zero-order valence-electron chi connectivity index (χ0n) is 45.1. The molecule has 0 radical (unpaired) electrons. The van der Waals surface area contributed by atoms with Crippen LogP contribution in [-0.2, 0) is 59.2 Å². The first kappa shape index (κ1) is 65.0. The van der Waals surface area contributed by atoms with Crippen molar-refractivity contribution in [2.45, 2.75) is 145 Å². The van der Waals surface area contributed by atoms with Gasteiger partial charge in [0.15, 0.2) is 0 Å². The quantitative estimate of drug-likeness (QED) is 0.0374. The van der Waals surface area contributed by atoms with Gasteiger partial charge in [-0.15, -0.1) is 0 Å². The Hall–Kier alpha value is -6.49. The SMILES string of the molecule is CSCC[C@H](NC(=O)[C@@H]1CCCN1C(=O)[C@H](CCSC)NC(=O)CNC(=O)[C@H](CCC(=O)O)NC(=O)[C@@H]1CCCN1C(=O)[C@@H](NC(=O)[C@H](CO)NC(=O)[C@H](CC(C)C)NC(=O)[C@@H](N)Cc1c[nH]c2ccccc12)[C@@H](C)O)C(=O)O. The second kappa shape index (κ2) is 31.9. The van der Waals surface area contributed by atoms with Crippen LogP contribution in [0.1, 0.15) is 84.1 Å². The van der Waals surface area contributed by atoms with Crippen molar-refractivity contribution in [2.24, 2.45) is 11.7 Å². The number of fused-ring (bicyclic) bond motifs is 1. The Morgan fingerprint density at radius 3 is 1.84 bits per heavy atom. The van der Waals surface area contributed by atoms with E-state index in [1.54, 1.807) is 32.6 Å². The number of aromatic amines is 1. The smallest absolute Gasteiger partial charge is 0.326 e. The van der Waals surface area contributed by atoms with Gasteiger partial charge < -0.3 is 78.2 Å². The van der Waals surface area contributed by atoms with Crippen molar-refractivity contribution >= 4 is 99.5 Å². The molecule has 3 heterocycles. The summed E-state index contributed by atoms with van der Waals surface area (Å²) in [5.41, 5.74) is 7.91. The van der Waals surface area contributed by atoms with Gasteiger partial charge >= 0.3 is 11.9 Å². The van der Waals surface area contributed by atoms with E-state index in [1.807, 2.05) is 24.3 Å². The Morgan fingerprint density at radius 2 is 1.27 bits per heavy atom. The molecule has 4 rings (SSSR count). The molecule has 1 aromatic carbocycles. The van der Waals surface area contributed by atoms with Crippen molar-refractivity contribution in [3.8, 4) is 0 Å². The average molecular weight is 1150 g/mol. The maximum atomic E-state index is 14.1. The fourth-order valence-corrected chi connectivity index (χ4v) is 10.2. The predicted octanol–water partition coefficient (Wildman–Crippen LogP) is -2.08. The second-order valence-corrected chi connectivity index (χ2v) is 22.0. The summed E-state index contributed by atoms with van der Waals surface area (Å²) in [4.78, 5) is 152. The lowest BCUT2D eigenvalue weighted by atomic mass is 10.0. The van der Waals surface area contributed by atoms with Gasteiger partial charge in [-0.05, 0) is 106 Å². The van der Waals surface area contributed by atoms with Gasteiger partial charge in [0.2, 0.25) is 53.2 Å². The molecule has 0 unspecified atom stereocenters. The van der Waals surface area contributed by atoms with Crippen LogP contribution in [0, 0.1) is 5.92 Å². The Balaban J connectivity index is 1.38. The summed E-state index contributed by atoms with van der Waals surface area (Å²) in [6.45, 7) is 3.21. The number of rotatable bonds is 32. The summed E-state index contributed by atoms with van der Waals surface area (Å²) in [5, 5.41) is 58.4. The number of carbonyl (C=O) groups is 11. The van der Waals surface area contributed by atoms with E-state index < -0.39 is 152 Å². The normalized spacial score (nSPS) is 18.2. The number of thioether (sulfide) groups is 2. The summed E-state index contributed by atoms with van der Waals surface area (Å²) in [5.74, 6) is -9.25. The molecule has 2 aliphatic heterocycles. The van der Waals surface area contributed by atoms with Crippen LogP contribution in [0.3, 0.4) is 0 Å². The number of nitrogens with one attached hydrogen (secondary N) is 8. The van der Waals surface area contributed by atoms with Crippen molar-refractivity contribution in [1.29, 1.82) is 0 Å². The number of amides is 9. The van der Waals surface area contributed by atoms with Gasteiger partial charge in [-0.2, -0.15) is 23.5 Å². The number of H-pyrrole nitrogens is 1. The minimum atomic E-state index is -1.73. The Labute approximate surface area is 466 Å². The Morgan fingerprint density at radius 1 is 0.696 bits per heavy atom. The molecule has 79 heavy (non-hydrogen) atoms. The largest absolute Gasteiger partial charge is 0.481 e. The van der Waals surface area contributed by atoms with E-state index >= 15 is 0 Å². The number of carboxylic acid groups (broad SMARTS) is 2. The molecule has 438 valence electrons. The molecule has 26 nitrogen and oxygen atoms in total. The monoisotopic (exact) mass is 1150 g/mol. The molecule has 14 N–H and O–H groups in total. The van der Waals surface area contributed by atoms with Crippen LogP contribution in [0.2, 0.25) is 0 Å². The number of nitrogens with two attached hydrogens (primary N) is 1. The zero-order valence-corrected chi connectivity index (χ0v) is 46.8. The van der Waals surface area contributed by atoms with Crippen LogP contribution in [0.5, 0.6) is 0 Å². The number of carbonyl (C=O) groups excluding carboxylic acids is 9. The maximum absolute atomic E-state index is 14.1. The van der Waals surface area contributed by atoms with Crippen molar-refractivity contribution < 1.29 is 73.2 Å². The van der Waals surface area contributed by atoms with Crippen LogP contribution in [0.25, 0.3) is 10.9 Å². The number of nitrogens with zero attached hydrogens (tertiary/aromatic N) is 2. The van der Waals surface area contributed by atoms with E-state index in [2.05, 4.69) is 42.2 Å². The van der Waals surface area contributed by atoms with Crippen molar-refractivity contribution in [3.63, 3.8) is 0 Å². The standard InChI is InChI=1S/C51H77N11O15S2/c1-27(2)22-36(58-43(68)31(52)23-29-24-53-32-11-7-6-10-30(29)32)45(70)59-37(26-63)46(71)60-42(28(3)64)50(75)62-19-9-13-39(62)47(72)56-33(14-15-41(66)67)44(69)54-25-40(65)55-34(16-20-78-4)49(74)61-18-8-12-38(61)48(73)57-35(51(76)77)17-21-79-5/h6-7,10-11,24,27-28,31,33-39,42,53,63-64H,8-9,12-23,25-26,52H2,1-5H3,(H,54,69)(H,55,65)(H,56,72)(H,57,73)(H,58,68)(H,59,70)(H,60,71)(H,66,67)(H,76,77)/t28-,31+,33+,34+,35+,36+,37+,38+,39+,42+/m1/s1. The molecular formula is C51H77N11O15S2. The lowest BCUT2D eigenvalue weighted by molar-refractivity contribution is -0.145. The zero-order chi connectivity index (χ0) is 58.5. The first-order valence-corrected chi connectivity index (χ1v) is 29.0. The highest BCUT2D eigenvalue weighted by molar-refractivity contribution is 7.98. The molecule has 2 saturated heterocycles. The summed E-state index contributed by atoms with van der Waals surface area (Å²) in [7, 11) is 0. The number of hydrogen-bond acceptors (Lipinski definition) is 16. The van der Waals surface area contributed by atoms with Gasteiger partial charge in [0, 0.05) is 36.6 Å². The molecule has 1 aromatic heterocycles. The molecule has 2 aromatic rings. The molecule has 9 amide bonds. The van der Waals surface area contributed by atoms with Gasteiger partial charge in [-0.1, -0.05) is 32.0 Å². The predicted molar refractivity (Wildman–Crippen MR) is 293 cm³/mol. The van der Waals surface area contributed by atoms with Crippen LogP contribution >= 0.6 is 23.5 Å². The number of carboxylic acids is 2. The van der Waals surface area contributed by atoms with E-state index in [4.69, 9.17) is 5.73 Å². The van der Waals surface area contributed by atoms with E-state index in [0.717, 1.165) is 21.4 Å². The summed E-state index contributed by atoms with van der Waals surface area (Å²) >= 11 is 2.80. The summed E-state index contributed by atoms with van der Waals surface area (Å²) in [6, 6.07) is -4.39. The average Bonchev–Trinajstić information content (AvgIpc) is 4.21. The number of likely N-dealkylation sites (tertiary alicyclic amines) is 2. The third-order valence-corrected chi connectivity index (χ3v) is 14.8. The van der Waals surface area contributed by atoms with E-state index in [9.17, 15) is 73.2 Å². The highest BCUT2D eigenvalue weighted by Gasteiger charge is 2.42. The van der Waals surface area contributed by atoms with Crippen LogP contribution < -0.4 is 43.0 Å². The maximum Gasteiger partial charge on any atom is 0.326 e. The van der Waals surface area contributed by atoms with Gasteiger partial charge in [0.1, 0.15) is 48.3 Å². The van der Waals surface area contributed by atoms with E-state index in [1.165, 1.54) is 35.3 Å². The molecule has 28 heteroatoms. The molecule has 0 spiro atoms. The Kier molecular flexibility index (Phi) is 26.3. The van der Waals surface area contributed by atoms with Gasteiger partial charge in [-0.25, -0.2) is 4.79 Å². The molecule has 0 saturated carbocycles. The molecule has 0 bridgehead atoms. The fraction of sp³-hybridized carbons (Fsp3) is 0.627. The molecular weight excluding hydrogens is 1070 g/mol. The number of aromatic nitrogens is 1. The van der Waals surface area contributed by atoms with Crippen molar-refractivity contribution in [3.05, 3.63) is 36.0 Å². The lowest BCUT2D eigenvalue weighted by Gasteiger charge is -2.31. The third kappa shape index (κ3) is 19.4. The summed E-state index contributed by atoms with van der Waals surface area (Å²) in [6.07, 6.45) is 4.21. The second-order valence-electron chi connectivity index (χ2n) is 20.0. The van der Waals surface area contributed by atoms with Crippen LogP contribution in [0.4, 0.5) is 0 Å². The number of para-hydroxylation sites is 1. The Bertz CT molecular complexity index is 2480. The van der Waals surface area contributed by atoms with Crippen LogP contribution in [0.15, 0.2) is 30.5 Å². The van der Waals surface area contributed by atoms with Gasteiger partial charge in [0.05, 0.1) is 25.3 Å². The molecule has 10 atom stereocenters. The minimum Gasteiger partial charge on any atom is -0.481 e. The molecule has 2 aliphatic rings. The number of aliphatic carboxylic acids is 2. The molecule has 2 fully saturated rings. The number of hydrogen-bond donors (Lipinski definition) is 13. The van der Waals surface area contributed by atoms with Gasteiger partial charge in [0.25, 0.3) is 0 Å². The minimum absolute atomic E-state index is 0.0423. The lowest BCUT2D eigenvalue weighted by Crippen LogP contribution is -2.62. The molecule has 0 aliphatic carbocycles. The third-order valence-electron chi connectivity index (χ3n) is 13.5. The topological polar surface area (TPSA) is 401 Å². The first-order valence-electron chi connectivity index (χ1n) is 26.2. The summed E-state index contributed by atoms with van der Waals surface area (Å²) < 4.78 is 0. The highest BCUT2D eigenvalue weighted by atomic mass is 32.2. The fourth-order valence-electron chi connectivity index (χ4n) is 9.30. The van der Waals surface area contributed by atoms with Crippen molar-refractivity contribution in [2.75, 3.05) is 50.3 Å². The van der Waals surface area contributed by atoms with E-state index in [-0.39, 0.29) is 64.0 Å². The van der Waals surface area contributed by atoms with E-state index in [0.29, 0.717) is 17.9 Å². The number of benzene rings is 1. The highest BCUT2D eigenvalue weighted by Crippen LogP contribution is 2.23.